The molecule has 3 aromatic carbocycles. The first kappa shape index (κ1) is 28.6. The van der Waals surface area contributed by atoms with E-state index >= 15 is 0 Å². The largest absolute Gasteiger partial charge is 0.457 e. The Labute approximate surface area is 242 Å². The van der Waals surface area contributed by atoms with E-state index in [1.54, 1.807) is 25.2 Å². The number of nitrogens with zero attached hydrogens (tertiary/aromatic N) is 2. The Balaban J connectivity index is 1.30. The van der Waals surface area contributed by atoms with Crippen LogP contribution < -0.4 is 10.1 Å². The minimum atomic E-state index is -0.612. The van der Waals surface area contributed by atoms with E-state index in [1.165, 1.54) is 9.80 Å². The van der Waals surface area contributed by atoms with Gasteiger partial charge in [-0.15, -0.1) is 0 Å². The lowest BCUT2D eigenvalue weighted by Gasteiger charge is -2.32. The maximum absolute atomic E-state index is 12.9. The van der Waals surface area contributed by atoms with Crippen molar-refractivity contribution in [1.82, 2.24) is 9.80 Å². The summed E-state index contributed by atoms with van der Waals surface area (Å²) in [5.41, 5.74) is 2.51. The number of likely N-dealkylation sites (tertiary alicyclic amines) is 1. The summed E-state index contributed by atoms with van der Waals surface area (Å²) in [7, 11) is 1.58. The second-order valence-electron chi connectivity index (χ2n) is 9.51. The molecule has 9 heteroatoms. The van der Waals surface area contributed by atoms with Crippen LogP contribution in [0.1, 0.15) is 30.9 Å². The van der Waals surface area contributed by atoms with E-state index in [1.807, 2.05) is 48.5 Å². The van der Waals surface area contributed by atoms with E-state index in [9.17, 15) is 14.4 Å². The van der Waals surface area contributed by atoms with Gasteiger partial charge >= 0.3 is 11.8 Å². The van der Waals surface area contributed by atoms with Gasteiger partial charge < -0.3 is 19.9 Å². The summed E-state index contributed by atoms with van der Waals surface area (Å²) < 4.78 is 6.82. The van der Waals surface area contributed by atoms with E-state index in [0.717, 1.165) is 22.2 Å². The number of aryl methyl sites for hydroxylation is 1. The zero-order chi connectivity index (χ0) is 27.9. The molecule has 1 aliphatic heterocycles. The van der Waals surface area contributed by atoms with E-state index in [-0.39, 0.29) is 18.4 Å². The highest BCUT2D eigenvalue weighted by molar-refractivity contribution is 9.10. The minimum Gasteiger partial charge on any atom is -0.457 e. The van der Waals surface area contributed by atoms with Crippen molar-refractivity contribution in [3.63, 3.8) is 0 Å². The van der Waals surface area contributed by atoms with Crippen molar-refractivity contribution in [3.8, 4) is 11.5 Å². The Morgan fingerprint density at radius 2 is 1.72 bits per heavy atom. The molecule has 7 nitrogen and oxygen atoms in total. The Morgan fingerprint density at radius 1 is 1.03 bits per heavy atom. The third-order valence-corrected chi connectivity index (χ3v) is 7.87. The second-order valence-corrected chi connectivity index (χ2v) is 10.8. The molecule has 3 amide bonds. The van der Waals surface area contributed by atoms with Crippen molar-refractivity contribution in [2.45, 2.75) is 32.7 Å². The summed E-state index contributed by atoms with van der Waals surface area (Å²) in [4.78, 5) is 41.4. The summed E-state index contributed by atoms with van der Waals surface area (Å²) in [6.45, 7) is 2.94. The summed E-state index contributed by atoms with van der Waals surface area (Å²) in [5, 5.41) is 3.38. The van der Waals surface area contributed by atoms with Crippen LogP contribution in [0, 0.1) is 5.92 Å². The van der Waals surface area contributed by atoms with Crippen LogP contribution in [0.5, 0.6) is 11.5 Å². The number of piperidine rings is 1. The fourth-order valence-electron chi connectivity index (χ4n) is 4.51. The summed E-state index contributed by atoms with van der Waals surface area (Å²) in [5.74, 6) is -0.124. The molecule has 0 bridgehead atoms. The van der Waals surface area contributed by atoms with Gasteiger partial charge in [0.25, 0.3) is 0 Å². The molecule has 0 spiro atoms. The van der Waals surface area contributed by atoms with Crippen LogP contribution in [-0.2, 0) is 27.3 Å². The average molecular weight is 613 g/mol. The molecule has 0 saturated carbocycles. The zero-order valence-electron chi connectivity index (χ0n) is 22.0. The fraction of sp³-hybridized carbons (Fsp3) is 0.300. The Morgan fingerprint density at radius 3 is 2.41 bits per heavy atom. The van der Waals surface area contributed by atoms with Gasteiger partial charge in [-0.05, 0) is 76.7 Å². The van der Waals surface area contributed by atoms with Crippen molar-refractivity contribution in [2.75, 3.05) is 25.5 Å². The number of carbonyl (C=O) groups excluding carboxylic acids is 3. The number of hydrogen-bond donors (Lipinski definition) is 1. The first-order valence-corrected chi connectivity index (χ1v) is 14.1. The molecule has 1 saturated heterocycles. The van der Waals surface area contributed by atoms with Gasteiger partial charge in [0.05, 0.1) is 5.69 Å². The fourth-order valence-corrected chi connectivity index (χ4v) is 5.12. The number of benzene rings is 3. The molecule has 4 rings (SSSR count). The number of likely N-dealkylation sites (N-methyl/N-ethyl adjacent to an activating group) is 1. The van der Waals surface area contributed by atoms with Crippen molar-refractivity contribution < 1.29 is 19.1 Å². The SMILES string of the molecule is CCc1ccccc1Oc1ccc(CN(C)C(=O)C(=O)N2CCC(C(=O)Nc3ccccc3Br)CC2)c(Cl)c1. The number of amides is 3. The van der Waals surface area contributed by atoms with Gasteiger partial charge in [0.15, 0.2) is 0 Å². The summed E-state index contributed by atoms with van der Waals surface area (Å²) in [6.07, 6.45) is 1.83. The Bertz CT molecular complexity index is 1360. The Hall–Kier alpha value is -3.36. The summed E-state index contributed by atoms with van der Waals surface area (Å²) >= 11 is 9.94. The molecule has 1 fully saturated rings. The lowest BCUT2D eigenvalue weighted by Crippen LogP contribution is -2.48. The number of rotatable bonds is 7. The molecular weight excluding hydrogens is 582 g/mol. The monoisotopic (exact) mass is 611 g/mol. The molecule has 0 radical (unpaired) electrons. The number of ether oxygens (including phenoxy) is 1. The van der Waals surface area contributed by atoms with E-state index in [0.29, 0.717) is 48.0 Å². The van der Waals surface area contributed by atoms with Crippen molar-refractivity contribution in [3.05, 3.63) is 87.4 Å². The van der Waals surface area contributed by atoms with Gasteiger partial charge in [-0.1, -0.05) is 54.9 Å². The van der Waals surface area contributed by atoms with Crippen LogP contribution in [-0.4, -0.2) is 47.7 Å². The standard InChI is InChI=1S/C30H31BrClN3O4/c1-3-20-8-4-7-11-27(20)39-23-13-12-22(25(32)18-23)19-34(2)29(37)30(38)35-16-14-21(15-17-35)28(36)33-26-10-6-5-9-24(26)31/h4-13,18,21H,3,14-17,19H2,1-2H3,(H,33,36). The maximum atomic E-state index is 12.9. The van der Waals surface area contributed by atoms with Crippen molar-refractivity contribution in [2.24, 2.45) is 5.92 Å². The molecule has 0 atom stereocenters. The zero-order valence-corrected chi connectivity index (χ0v) is 24.3. The van der Waals surface area contributed by atoms with Gasteiger partial charge in [0, 0.05) is 42.1 Å². The Kier molecular flexibility index (Phi) is 9.64. The van der Waals surface area contributed by atoms with Crippen molar-refractivity contribution in [1.29, 1.82) is 0 Å². The molecule has 204 valence electrons. The molecule has 39 heavy (non-hydrogen) atoms. The molecular formula is C30H31BrClN3O4. The first-order valence-electron chi connectivity index (χ1n) is 12.9. The third kappa shape index (κ3) is 7.19. The number of nitrogens with one attached hydrogen (secondary N) is 1. The molecule has 0 aliphatic carbocycles. The second kappa shape index (κ2) is 13.1. The van der Waals surface area contributed by atoms with Crippen LogP contribution in [0.25, 0.3) is 0 Å². The van der Waals surface area contributed by atoms with E-state index in [2.05, 4.69) is 28.2 Å². The normalized spacial score (nSPS) is 13.6. The quantitative estimate of drug-likeness (QED) is 0.318. The number of halogens is 2. The van der Waals surface area contributed by atoms with Crippen LogP contribution >= 0.6 is 27.5 Å². The smallest absolute Gasteiger partial charge is 0.312 e. The van der Waals surface area contributed by atoms with Gasteiger partial charge in [0.2, 0.25) is 5.91 Å². The number of anilines is 1. The molecule has 1 heterocycles. The van der Waals surface area contributed by atoms with Crippen LogP contribution in [0.15, 0.2) is 71.2 Å². The highest BCUT2D eigenvalue weighted by Gasteiger charge is 2.31. The number of carbonyl (C=O) groups is 3. The predicted molar refractivity (Wildman–Crippen MR) is 156 cm³/mol. The molecule has 0 aromatic heterocycles. The highest BCUT2D eigenvalue weighted by Crippen LogP contribution is 2.30. The third-order valence-electron chi connectivity index (χ3n) is 6.83. The lowest BCUT2D eigenvalue weighted by molar-refractivity contribution is -0.152. The first-order chi connectivity index (χ1) is 18.8. The van der Waals surface area contributed by atoms with Crippen LogP contribution in [0.4, 0.5) is 5.69 Å². The van der Waals surface area contributed by atoms with Crippen LogP contribution in [0.3, 0.4) is 0 Å². The average Bonchev–Trinajstić information content (AvgIpc) is 2.95. The van der Waals surface area contributed by atoms with Gasteiger partial charge in [-0.3, -0.25) is 14.4 Å². The van der Waals surface area contributed by atoms with Gasteiger partial charge in [-0.2, -0.15) is 0 Å². The van der Waals surface area contributed by atoms with Gasteiger partial charge in [0.1, 0.15) is 11.5 Å². The van der Waals surface area contributed by atoms with Crippen LogP contribution in [0.2, 0.25) is 5.02 Å². The van der Waals surface area contributed by atoms with Gasteiger partial charge in [-0.25, -0.2) is 0 Å². The summed E-state index contributed by atoms with van der Waals surface area (Å²) in [6, 6.07) is 20.6. The molecule has 1 N–H and O–H groups in total. The molecule has 0 unspecified atom stereocenters. The lowest BCUT2D eigenvalue weighted by atomic mass is 9.95. The van der Waals surface area contributed by atoms with Crippen molar-refractivity contribution >= 4 is 50.9 Å². The topological polar surface area (TPSA) is 79.0 Å². The van der Waals surface area contributed by atoms with E-state index in [4.69, 9.17) is 16.3 Å². The minimum absolute atomic E-state index is 0.0855. The maximum Gasteiger partial charge on any atom is 0.312 e. The van der Waals surface area contributed by atoms with E-state index < -0.39 is 11.8 Å². The molecule has 1 aliphatic rings. The highest BCUT2D eigenvalue weighted by atomic mass is 79.9. The molecule has 3 aromatic rings. The number of para-hydroxylation sites is 2. The number of hydrogen-bond acceptors (Lipinski definition) is 4. The predicted octanol–water partition coefficient (Wildman–Crippen LogP) is 6.29.